The third kappa shape index (κ3) is 3.64. The number of benzene rings is 1. The maximum atomic E-state index is 12.4. The molecule has 0 bridgehead atoms. The Kier molecular flexibility index (Phi) is 5.39. The average Bonchev–Trinajstić information content (AvgIpc) is 2.95. The van der Waals surface area contributed by atoms with Crippen LogP contribution in [0.5, 0.6) is 11.5 Å². The molecule has 1 saturated heterocycles. The smallest absolute Gasteiger partial charge is 0.224 e. The van der Waals surface area contributed by atoms with Crippen molar-refractivity contribution >= 4 is 17.7 Å². The Morgan fingerprint density at radius 1 is 1.38 bits per heavy atom. The zero-order valence-corrected chi connectivity index (χ0v) is 13.9. The Morgan fingerprint density at radius 2 is 2.14 bits per heavy atom. The number of carbonyl (C=O) groups excluding carboxylic acids is 1. The predicted octanol–water partition coefficient (Wildman–Crippen LogP) is 3.32. The summed E-state index contributed by atoms with van der Waals surface area (Å²) in [6.45, 7) is 4.94. The summed E-state index contributed by atoms with van der Waals surface area (Å²) in [5.74, 6) is 3.13. The minimum Gasteiger partial charge on any atom is -0.497 e. The molecule has 0 N–H and O–H groups in total. The van der Waals surface area contributed by atoms with Crippen LogP contribution in [0.4, 0.5) is 0 Å². The first kappa shape index (κ1) is 16.0. The number of amides is 1. The molecule has 1 atom stereocenters. The molecule has 0 aromatic heterocycles. The van der Waals surface area contributed by atoms with Crippen LogP contribution in [0.15, 0.2) is 18.2 Å². The van der Waals surface area contributed by atoms with Crippen LogP contribution in [-0.4, -0.2) is 37.3 Å². The molecule has 1 aliphatic heterocycles. The van der Waals surface area contributed by atoms with Gasteiger partial charge in [-0.2, -0.15) is 0 Å². The van der Waals surface area contributed by atoms with Gasteiger partial charge in [-0.15, -0.1) is 11.8 Å². The Bertz CT molecular complexity index is 504. The molecule has 4 nitrogen and oxygen atoms in total. The highest BCUT2D eigenvalue weighted by Crippen LogP contribution is 2.43. The van der Waals surface area contributed by atoms with Gasteiger partial charge >= 0.3 is 0 Å². The minimum absolute atomic E-state index is 0.0151. The molecule has 2 rings (SSSR count). The second kappa shape index (κ2) is 7.07. The van der Waals surface area contributed by atoms with Crippen molar-refractivity contribution in [3.63, 3.8) is 0 Å². The molecule has 21 heavy (non-hydrogen) atoms. The normalized spacial score (nSPS) is 18.1. The van der Waals surface area contributed by atoms with E-state index in [0.29, 0.717) is 12.3 Å². The summed E-state index contributed by atoms with van der Waals surface area (Å²) in [5, 5.41) is 0.0151. The summed E-state index contributed by atoms with van der Waals surface area (Å²) in [6.07, 6.45) is 0.587. The van der Waals surface area contributed by atoms with Gasteiger partial charge in [0.25, 0.3) is 0 Å². The van der Waals surface area contributed by atoms with Crippen LogP contribution in [0, 0.1) is 5.92 Å². The van der Waals surface area contributed by atoms with Crippen molar-refractivity contribution < 1.29 is 14.3 Å². The van der Waals surface area contributed by atoms with E-state index in [1.165, 1.54) is 0 Å². The van der Waals surface area contributed by atoms with Gasteiger partial charge in [0.2, 0.25) is 5.91 Å². The molecule has 116 valence electrons. The van der Waals surface area contributed by atoms with Crippen molar-refractivity contribution in [2.75, 3.05) is 26.5 Å². The number of rotatable bonds is 5. The third-order valence-corrected chi connectivity index (χ3v) is 4.74. The van der Waals surface area contributed by atoms with E-state index in [9.17, 15) is 4.79 Å². The molecular formula is C16H23NO3S. The molecule has 1 aromatic carbocycles. The Balaban J connectivity index is 2.28. The predicted molar refractivity (Wildman–Crippen MR) is 85.9 cm³/mol. The van der Waals surface area contributed by atoms with Gasteiger partial charge in [-0.3, -0.25) is 4.79 Å². The van der Waals surface area contributed by atoms with Crippen LogP contribution in [0.25, 0.3) is 0 Å². The topological polar surface area (TPSA) is 38.8 Å². The van der Waals surface area contributed by atoms with Crippen LogP contribution in [0.1, 0.15) is 31.2 Å². The largest absolute Gasteiger partial charge is 0.497 e. The fourth-order valence-electron chi connectivity index (χ4n) is 2.48. The van der Waals surface area contributed by atoms with Gasteiger partial charge in [0, 0.05) is 24.3 Å². The maximum Gasteiger partial charge on any atom is 0.224 e. The lowest BCUT2D eigenvalue weighted by atomic mass is 10.1. The van der Waals surface area contributed by atoms with E-state index in [2.05, 4.69) is 13.8 Å². The molecule has 1 heterocycles. The van der Waals surface area contributed by atoms with E-state index in [-0.39, 0.29) is 11.3 Å². The van der Waals surface area contributed by atoms with Gasteiger partial charge in [0.15, 0.2) is 0 Å². The van der Waals surface area contributed by atoms with Crippen LogP contribution in [0.3, 0.4) is 0 Å². The van der Waals surface area contributed by atoms with Gasteiger partial charge in [0.05, 0.1) is 14.2 Å². The first-order valence-electron chi connectivity index (χ1n) is 7.19. The molecule has 0 spiro atoms. The second-order valence-corrected chi connectivity index (χ2v) is 6.70. The maximum absolute atomic E-state index is 12.4. The summed E-state index contributed by atoms with van der Waals surface area (Å²) >= 11 is 1.78. The van der Waals surface area contributed by atoms with Crippen molar-refractivity contribution in [2.24, 2.45) is 5.92 Å². The van der Waals surface area contributed by atoms with Gasteiger partial charge in [-0.1, -0.05) is 13.8 Å². The molecule has 0 aliphatic carbocycles. The Hall–Kier alpha value is -1.36. The minimum atomic E-state index is 0.0151. The Morgan fingerprint density at radius 3 is 2.76 bits per heavy atom. The van der Waals surface area contributed by atoms with E-state index >= 15 is 0 Å². The molecule has 0 radical (unpaired) electrons. The number of nitrogens with zero attached hydrogens (tertiary/aromatic N) is 1. The van der Waals surface area contributed by atoms with Gasteiger partial charge in [-0.05, 0) is 24.1 Å². The van der Waals surface area contributed by atoms with E-state index in [1.54, 1.807) is 26.0 Å². The molecule has 1 aromatic rings. The van der Waals surface area contributed by atoms with E-state index in [1.807, 2.05) is 23.1 Å². The number of hydrogen-bond acceptors (Lipinski definition) is 4. The quantitative estimate of drug-likeness (QED) is 0.836. The number of methoxy groups -OCH3 is 2. The summed E-state index contributed by atoms with van der Waals surface area (Å²) in [6, 6.07) is 5.75. The zero-order chi connectivity index (χ0) is 15.4. The third-order valence-electron chi connectivity index (χ3n) is 3.50. The summed E-state index contributed by atoms with van der Waals surface area (Å²) in [7, 11) is 3.31. The highest BCUT2D eigenvalue weighted by atomic mass is 32.2. The fraction of sp³-hybridized carbons (Fsp3) is 0.562. The lowest BCUT2D eigenvalue weighted by Crippen LogP contribution is -2.31. The lowest BCUT2D eigenvalue weighted by molar-refractivity contribution is -0.132. The molecular weight excluding hydrogens is 286 g/mol. The average molecular weight is 309 g/mol. The number of carbonyl (C=O) groups is 1. The number of ether oxygens (including phenoxy) is 2. The highest BCUT2D eigenvalue weighted by molar-refractivity contribution is 7.99. The van der Waals surface area contributed by atoms with Crippen molar-refractivity contribution in [3.8, 4) is 11.5 Å². The van der Waals surface area contributed by atoms with Crippen molar-refractivity contribution in [2.45, 2.75) is 25.6 Å². The van der Waals surface area contributed by atoms with Crippen molar-refractivity contribution in [1.82, 2.24) is 4.90 Å². The monoisotopic (exact) mass is 309 g/mol. The van der Waals surface area contributed by atoms with Crippen LogP contribution >= 0.6 is 11.8 Å². The van der Waals surface area contributed by atoms with Crippen molar-refractivity contribution in [1.29, 1.82) is 0 Å². The second-order valence-electron chi connectivity index (χ2n) is 5.52. The fourth-order valence-corrected chi connectivity index (χ4v) is 3.77. The van der Waals surface area contributed by atoms with Crippen LogP contribution in [-0.2, 0) is 4.79 Å². The van der Waals surface area contributed by atoms with Crippen LogP contribution in [0.2, 0.25) is 0 Å². The highest BCUT2D eigenvalue weighted by Gasteiger charge is 2.32. The lowest BCUT2D eigenvalue weighted by Gasteiger charge is -2.26. The van der Waals surface area contributed by atoms with E-state index in [0.717, 1.165) is 29.4 Å². The SMILES string of the molecule is COc1ccc(OC)c([C@@H]2SCCN2C(=O)CC(C)C)c1. The first-order chi connectivity index (χ1) is 10.1. The molecule has 1 amide bonds. The molecule has 1 aliphatic rings. The summed E-state index contributed by atoms with van der Waals surface area (Å²) < 4.78 is 10.8. The Labute approximate surface area is 130 Å². The van der Waals surface area contributed by atoms with Crippen molar-refractivity contribution in [3.05, 3.63) is 23.8 Å². The van der Waals surface area contributed by atoms with Gasteiger partial charge < -0.3 is 14.4 Å². The molecule has 0 unspecified atom stereocenters. The van der Waals surface area contributed by atoms with Gasteiger partial charge in [0.1, 0.15) is 16.9 Å². The summed E-state index contributed by atoms with van der Waals surface area (Å²) in [4.78, 5) is 14.4. The number of thioether (sulfide) groups is 1. The zero-order valence-electron chi connectivity index (χ0n) is 13.1. The first-order valence-corrected chi connectivity index (χ1v) is 8.24. The molecule has 1 fully saturated rings. The molecule has 0 saturated carbocycles. The molecule has 5 heteroatoms. The number of hydrogen-bond donors (Lipinski definition) is 0. The van der Waals surface area contributed by atoms with E-state index < -0.39 is 0 Å². The standard InChI is InChI=1S/C16H23NO3S/c1-11(2)9-15(18)17-7-8-21-16(17)13-10-12(19-3)5-6-14(13)20-4/h5-6,10-11,16H,7-9H2,1-4H3/t16-/m0/s1. The van der Waals surface area contributed by atoms with Crippen LogP contribution < -0.4 is 9.47 Å². The summed E-state index contributed by atoms with van der Waals surface area (Å²) in [5.41, 5.74) is 1.01. The van der Waals surface area contributed by atoms with Gasteiger partial charge in [-0.25, -0.2) is 0 Å². The van der Waals surface area contributed by atoms with E-state index in [4.69, 9.17) is 9.47 Å².